The van der Waals surface area contributed by atoms with Crippen LogP contribution in [0.2, 0.25) is 0 Å². The third-order valence-corrected chi connectivity index (χ3v) is 5.79. The van der Waals surface area contributed by atoms with E-state index < -0.39 is 41.4 Å². The number of carboxylic acid groups (broad SMARTS) is 1. The molecule has 5 nitrogen and oxygen atoms in total. The first-order chi connectivity index (χ1) is 15.4. The van der Waals surface area contributed by atoms with Gasteiger partial charge < -0.3 is 9.84 Å². The summed E-state index contributed by atoms with van der Waals surface area (Å²) in [4.78, 5) is 26.5. The van der Waals surface area contributed by atoms with E-state index in [0.29, 0.717) is 16.7 Å². The molecule has 0 aliphatic carbocycles. The van der Waals surface area contributed by atoms with Crippen molar-refractivity contribution in [2.75, 3.05) is 0 Å². The Balaban J connectivity index is 2.04. The molecule has 1 fully saturated rings. The quantitative estimate of drug-likeness (QED) is 0.571. The van der Waals surface area contributed by atoms with Crippen molar-refractivity contribution in [2.45, 2.75) is 31.0 Å². The van der Waals surface area contributed by atoms with Gasteiger partial charge in [-0.05, 0) is 36.2 Å². The summed E-state index contributed by atoms with van der Waals surface area (Å²) < 4.78 is 33.5. The van der Waals surface area contributed by atoms with Crippen molar-refractivity contribution >= 4 is 12.1 Å². The molecular formula is C25H21F2NO4. The van der Waals surface area contributed by atoms with Crippen LogP contribution < -0.4 is 0 Å². The maximum atomic E-state index is 13.8. The van der Waals surface area contributed by atoms with Crippen molar-refractivity contribution < 1.29 is 28.2 Å². The summed E-state index contributed by atoms with van der Waals surface area (Å²) in [5.74, 6) is -2.12. The first-order valence-corrected chi connectivity index (χ1v) is 10.2. The number of carbonyl (C=O) groups is 2. The summed E-state index contributed by atoms with van der Waals surface area (Å²) in [7, 11) is 0. The zero-order chi connectivity index (χ0) is 22.9. The second kappa shape index (κ2) is 8.42. The number of carboxylic acids is 1. The number of benzene rings is 3. The molecule has 7 heteroatoms. The van der Waals surface area contributed by atoms with Gasteiger partial charge in [0.1, 0.15) is 23.7 Å². The molecule has 3 aromatic carbocycles. The number of halogens is 2. The van der Waals surface area contributed by atoms with E-state index in [1.165, 1.54) is 53.4 Å². The SMILES string of the molecule is CC[C@@H](C(=O)O)N1C(=O)OC(c2ccc(F)cc2)(c2ccc(F)cc2)[C@@H]1c1ccccc1. The average Bonchev–Trinajstić information content (AvgIpc) is 3.09. The maximum Gasteiger partial charge on any atom is 0.412 e. The second-order valence-electron chi connectivity index (χ2n) is 7.60. The lowest BCUT2D eigenvalue weighted by Gasteiger charge is -2.37. The molecule has 1 aliphatic rings. The second-order valence-corrected chi connectivity index (χ2v) is 7.60. The largest absolute Gasteiger partial charge is 0.480 e. The molecule has 3 aromatic rings. The minimum absolute atomic E-state index is 0.149. The highest BCUT2D eigenvalue weighted by atomic mass is 19.1. The third kappa shape index (κ3) is 3.49. The standard InChI is InChI=1S/C25H21F2NO4/c1-2-21(23(29)30)28-22(16-6-4-3-5-7-16)25(32-24(28)31,17-8-12-19(26)13-9-17)18-10-14-20(27)15-11-18/h3-15,21-22H,2H2,1H3,(H,29,30)/t21-,22-/m0/s1. The van der Waals surface area contributed by atoms with E-state index in [4.69, 9.17) is 4.74 Å². The Morgan fingerprint density at radius 2 is 1.47 bits per heavy atom. The molecule has 0 radical (unpaired) electrons. The minimum Gasteiger partial charge on any atom is -0.480 e. The van der Waals surface area contributed by atoms with Crippen LogP contribution in [0.4, 0.5) is 13.6 Å². The number of cyclic esters (lactones) is 1. The number of amides is 1. The molecule has 0 saturated carbocycles. The lowest BCUT2D eigenvalue weighted by molar-refractivity contribution is -0.142. The molecule has 0 bridgehead atoms. The van der Waals surface area contributed by atoms with Crippen molar-refractivity contribution in [3.63, 3.8) is 0 Å². The Bertz CT molecular complexity index is 1070. The summed E-state index contributed by atoms with van der Waals surface area (Å²) in [5, 5.41) is 9.85. The van der Waals surface area contributed by atoms with Gasteiger partial charge in [0, 0.05) is 11.1 Å². The van der Waals surface area contributed by atoms with Gasteiger partial charge >= 0.3 is 12.1 Å². The molecule has 0 aromatic heterocycles. The average molecular weight is 437 g/mol. The van der Waals surface area contributed by atoms with Gasteiger partial charge in [-0.25, -0.2) is 18.4 Å². The van der Waals surface area contributed by atoms with Gasteiger partial charge in [0.25, 0.3) is 0 Å². The fourth-order valence-corrected chi connectivity index (χ4v) is 4.37. The molecule has 1 aliphatic heterocycles. The molecule has 0 unspecified atom stereocenters. The summed E-state index contributed by atoms with van der Waals surface area (Å²) in [6.45, 7) is 1.67. The van der Waals surface area contributed by atoms with Gasteiger partial charge in [-0.3, -0.25) is 4.90 Å². The van der Waals surface area contributed by atoms with Gasteiger partial charge in [-0.2, -0.15) is 0 Å². The van der Waals surface area contributed by atoms with Crippen LogP contribution in [0.3, 0.4) is 0 Å². The van der Waals surface area contributed by atoms with E-state index in [2.05, 4.69) is 0 Å². The molecule has 1 saturated heterocycles. The van der Waals surface area contributed by atoms with Crippen molar-refractivity contribution in [2.24, 2.45) is 0 Å². The van der Waals surface area contributed by atoms with Crippen LogP contribution in [0.5, 0.6) is 0 Å². The molecule has 4 rings (SSSR count). The van der Waals surface area contributed by atoms with Crippen molar-refractivity contribution in [1.82, 2.24) is 4.90 Å². The first-order valence-electron chi connectivity index (χ1n) is 10.2. The number of aliphatic carboxylic acids is 1. The Morgan fingerprint density at radius 1 is 0.969 bits per heavy atom. The lowest BCUT2D eigenvalue weighted by atomic mass is 9.76. The third-order valence-electron chi connectivity index (χ3n) is 5.79. The van der Waals surface area contributed by atoms with Crippen molar-refractivity contribution in [1.29, 1.82) is 0 Å². The predicted molar refractivity (Wildman–Crippen MR) is 113 cm³/mol. The van der Waals surface area contributed by atoms with Crippen LogP contribution in [-0.4, -0.2) is 28.1 Å². The van der Waals surface area contributed by atoms with E-state index >= 15 is 0 Å². The smallest absolute Gasteiger partial charge is 0.412 e. The van der Waals surface area contributed by atoms with Crippen LogP contribution in [0, 0.1) is 11.6 Å². The van der Waals surface area contributed by atoms with Crippen LogP contribution in [0.15, 0.2) is 78.9 Å². The highest BCUT2D eigenvalue weighted by Crippen LogP contribution is 2.53. The van der Waals surface area contributed by atoms with Gasteiger partial charge in [0.05, 0.1) is 0 Å². The van der Waals surface area contributed by atoms with Gasteiger partial charge in [0.15, 0.2) is 5.60 Å². The number of nitrogens with zero attached hydrogens (tertiary/aromatic N) is 1. The van der Waals surface area contributed by atoms with Gasteiger partial charge in [-0.15, -0.1) is 0 Å². The Morgan fingerprint density at radius 3 is 1.91 bits per heavy atom. The zero-order valence-electron chi connectivity index (χ0n) is 17.2. The molecule has 0 spiro atoms. The first kappa shape index (κ1) is 21.5. The lowest BCUT2D eigenvalue weighted by Crippen LogP contribution is -2.45. The molecule has 1 amide bonds. The minimum atomic E-state index is -1.53. The predicted octanol–water partition coefficient (Wildman–Crippen LogP) is 5.27. The van der Waals surface area contributed by atoms with Crippen LogP contribution in [0.25, 0.3) is 0 Å². The number of hydrogen-bond acceptors (Lipinski definition) is 3. The van der Waals surface area contributed by atoms with E-state index in [-0.39, 0.29) is 6.42 Å². The number of rotatable bonds is 6. The fourth-order valence-electron chi connectivity index (χ4n) is 4.37. The summed E-state index contributed by atoms with van der Waals surface area (Å²) in [5.41, 5.74) is -0.0134. The summed E-state index contributed by atoms with van der Waals surface area (Å²) >= 11 is 0. The Labute approximate surface area is 183 Å². The molecule has 164 valence electrons. The fraction of sp³-hybridized carbons (Fsp3) is 0.200. The Hall–Kier alpha value is -3.74. The maximum absolute atomic E-state index is 13.8. The molecule has 1 heterocycles. The van der Waals surface area contributed by atoms with E-state index in [1.54, 1.807) is 37.3 Å². The van der Waals surface area contributed by atoms with E-state index in [9.17, 15) is 23.5 Å². The molecule has 1 N–H and O–H groups in total. The highest BCUT2D eigenvalue weighted by molar-refractivity contribution is 5.83. The van der Waals surface area contributed by atoms with Crippen LogP contribution in [-0.2, 0) is 15.1 Å². The summed E-state index contributed by atoms with van der Waals surface area (Å²) in [6, 6.07) is 17.8. The van der Waals surface area contributed by atoms with Crippen LogP contribution >= 0.6 is 0 Å². The highest BCUT2D eigenvalue weighted by Gasteiger charge is 2.59. The van der Waals surface area contributed by atoms with Gasteiger partial charge in [-0.1, -0.05) is 61.5 Å². The number of ether oxygens (including phenoxy) is 1. The van der Waals surface area contributed by atoms with Gasteiger partial charge in [0.2, 0.25) is 0 Å². The van der Waals surface area contributed by atoms with Crippen molar-refractivity contribution in [3.05, 3.63) is 107 Å². The topological polar surface area (TPSA) is 66.8 Å². The van der Waals surface area contributed by atoms with Crippen molar-refractivity contribution in [3.8, 4) is 0 Å². The van der Waals surface area contributed by atoms with E-state index in [1.807, 2.05) is 0 Å². The molecule has 32 heavy (non-hydrogen) atoms. The number of hydrogen-bond donors (Lipinski definition) is 1. The monoisotopic (exact) mass is 437 g/mol. The number of carbonyl (C=O) groups excluding carboxylic acids is 1. The van der Waals surface area contributed by atoms with E-state index in [0.717, 1.165) is 0 Å². The molecular weight excluding hydrogens is 416 g/mol. The Kier molecular flexibility index (Phi) is 5.65. The summed E-state index contributed by atoms with van der Waals surface area (Å²) in [6.07, 6.45) is -0.668. The normalized spacial score (nSPS) is 18.3. The molecule has 2 atom stereocenters. The zero-order valence-corrected chi connectivity index (χ0v) is 17.2. The van der Waals surface area contributed by atoms with Crippen LogP contribution in [0.1, 0.15) is 36.1 Å².